The van der Waals surface area contributed by atoms with Crippen LogP contribution in [0, 0.1) is 6.92 Å². The Hall–Kier alpha value is -2.37. The van der Waals surface area contributed by atoms with E-state index in [1.165, 1.54) is 16.7 Å². The summed E-state index contributed by atoms with van der Waals surface area (Å²) in [4.78, 5) is 14.8. The Morgan fingerprint density at radius 3 is 2.43 bits per heavy atom. The number of hydrogen-bond donors (Lipinski definition) is 1. The fraction of sp³-hybridized carbons (Fsp3) is 0.435. The summed E-state index contributed by atoms with van der Waals surface area (Å²) in [5.41, 5.74) is 3.61. The zero-order valence-electron chi connectivity index (χ0n) is 16.8. The third-order valence-electron chi connectivity index (χ3n) is 5.24. The highest BCUT2D eigenvalue weighted by Gasteiger charge is 2.23. The number of ether oxygens (including phenoxy) is 2. The molecular formula is C23H30N2O3. The van der Waals surface area contributed by atoms with E-state index in [2.05, 4.69) is 53.5 Å². The maximum absolute atomic E-state index is 12.4. The Labute approximate surface area is 167 Å². The van der Waals surface area contributed by atoms with Gasteiger partial charge in [-0.2, -0.15) is 0 Å². The van der Waals surface area contributed by atoms with Gasteiger partial charge in [-0.1, -0.05) is 42.0 Å². The number of aryl methyl sites for hydroxylation is 2. The molecule has 2 aromatic rings. The first kappa shape index (κ1) is 20.4. The monoisotopic (exact) mass is 382 g/mol. The van der Waals surface area contributed by atoms with E-state index in [-0.39, 0.29) is 11.9 Å². The summed E-state index contributed by atoms with van der Waals surface area (Å²) < 4.78 is 10.8. The van der Waals surface area contributed by atoms with Crippen molar-refractivity contribution in [1.82, 2.24) is 10.2 Å². The third-order valence-corrected chi connectivity index (χ3v) is 5.24. The van der Waals surface area contributed by atoms with E-state index in [4.69, 9.17) is 9.47 Å². The number of amides is 1. The minimum atomic E-state index is 0.0901. The molecule has 28 heavy (non-hydrogen) atoms. The van der Waals surface area contributed by atoms with Crippen LogP contribution in [-0.2, 0) is 16.0 Å². The van der Waals surface area contributed by atoms with E-state index >= 15 is 0 Å². The number of nitrogens with one attached hydrogen (secondary N) is 1. The van der Waals surface area contributed by atoms with Crippen molar-refractivity contribution >= 4 is 5.91 Å². The fourth-order valence-electron chi connectivity index (χ4n) is 3.48. The van der Waals surface area contributed by atoms with E-state index in [0.29, 0.717) is 13.0 Å². The largest absolute Gasteiger partial charge is 0.497 e. The second-order valence-corrected chi connectivity index (χ2v) is 7.23. The number of rotatable bonds is 8. The lowest BCUT2D eigenvalue weighted by atomic mass is 10.0. The van der Waals surface area contributed by atoms with Crippen molar-refractivity contribution < 1.29 is 14.3 Å². The van der Waals surface area contributed by atoms with Gasteiger partial charge in [-0.15, -0.1) is 0 Å². The molecule has 0 aromatic heterocycles. The molecule has 1 amide bonds. The molecule has 2 aromatic carbocycles. The van der Waals surface area contributed by atoms with Gasteiger partial charge in [0.1, 0.15) is 5.75 Å². The Bertz CT molecular complexity index is 737. The summed E-state index contributed by atoms with van der Waals surface area (Å²) in [6, 6.07) is 16.6. The van der Waals surface area contributed by atoms with Gasteiger partial charge in [-0.3, -0.25) is 9.69 Å². The van der Waals surface area contributed by atoms with Crippen molar-refractivity contribution in [2.45, 2.75) is 25.8 Å². The molecule has 3 rings (SSSR count). The lowest BCUT2D eigenvalue weighted by Crippen LogP contribution is -2.43. The van der Waals surface area contributed by atoms with Crippen molar-refractivity contribution in [1.29, 1.82) is 0 Å². The molecule has 0 saturated carbocycles. The van der Waals surface area contributed by atoms with E-state index in [0.717, 1.165) is 38.5 Å². The van der Waals surface area contributed by atoms with Gasteiger partial charge in [0.05, 0.1) is 26.4 Å². The van der Waals surface area contributed by atoms with Crippen molar-refractivity contribution in [3.05, 3.63) is 65.2 Å². The Morgan fingerprint density at radius 1 is 1.11 bits per heavy atom. The van der Waals surface area contributed by atoms with Crippen LogP contribution in [0.15, 0.2) is 48.5 Å². The molecule has 1 atom stereocenters. The Balaban J connectivity index is 1.58. The number of methoxy groups -OCH3 is 1. The SMILES string of the molecule is COc1ccc(C(CNC(=O)CCc2ccc(C)cc2)N2CCOCC2)cc1. The molecule has 0 aliphatic carbocycles. The van der Waals surface area contributed by atoms with Crippen molar-refractivity contribution in [3.63, 3.8) is 0 Å². The molecule has 0 radical (unpaired) electrons. The smallest absolute Gasteiger partial charge is 0.220 e. The van der Waals surface area contributed by atoms with E-state index in [1.807, 2.05) is 12.1 Å². The molecule has 5 nitrogen and oxygen atoms in total. The zero-order valence-corrected chi connectivity index (χ0v) is 16.8. The molecule has 1 saturated heterocycles. The highest BCUT2D eigenvalue weighted by atomic mass is 16.5. The number of morpholine rings is 1. The minimum absolute atomic E-state index is 0.0901. The molecule has 1 heterocycles. The van der Waals surface area contributed by atoms with Crippen molar-refractivity contribution in [2.75, 3.05) is 40.0 Å². The molecule has 0 bridgehead atoms. The summed E-state index contributed by atoms with van der Waals surface area (Å²) >= 11 is 0. The van der Waals surface area contributed by atoms with Gasteiger partial charge in [0.15, 0.2) is 0 Å². The molecule has 1 aliphatic rings. The standard InChI is InChI=1S/C23H30N2O3/c1-18-3-5-19(6-4-18)7-12-23(26)24-17-22(25-13-15-28-16-14-25)20-8-10-21(27-2)11-9-20/h3-6,8-11,22H,7,12-17H2,1-2H3,(H,24,26). The molecule has 1 fully saturated rings. The normalized spacial score (nSPS) is 15.8. The average molecular weight is 383 g/mol. The second kappa shape index (κ2) is 10.2. The molecule has 1 aliphatic heterocycles. The molecule has 0 spiro atoms. The van der Waals surface area contributed by atoms with E-state index in [1.54, 1.807) is 7.11 Å². The fourth-order valence-corrected chi connectivity index (χ4v) is 3.48. The number of nitrogens with zero attached hydrogens (tertiary/aromatic N) is 1. The highest BCUT2D eigenvalue weighted by Crippen LogP contribution is 2.23. The van der Waals surface area contributed by atoms with Crippen LogP contribution < -0.4 is 10.1 Å². The number of hydrogen-bond acceptors (Lipinski definition) is 4. The maximum atomic E-state index is 12.4. The van der Waals surface area contributed by atoms with Crippen molar-refractivity contribution in [2.24, 2.45) is 0 Å². The summed E-state index contributed by atoms with van der Waals surface area (Å²) in [7, 11) is 1.67. The van der Waals surface area contributed by atoms with E-state index in [9.17, 15) is 4.79 Å². The first-order valence-electron chi connectivity index (χ1n) is 9.93. The summed E-state index contributed by atoms with van der Waals surface area (Å²) in [5, 5.41) is 3.14. The van der Waals surface area contributed by atoms with Gasteiger partial charge in [0.25, 0.3) is 0 Å². The number of carbonyl (C=O) groups is 1. The summed E-state index contributed by atoms with van der Waals surface area (Å²) in [5.74, 6) is 0.930. The van der Waals surface area contributed by atoms with Crippen LogP contribution >= 0.6 is 0 Å². The maximum Gasteiger partial charge on any atom is 0.220 e. The Morgan fingerprint density at radius 2 is 1.79 bits per heavy atom. The predicted octanol–water partition coefficient (Wildman–Crippen LogP) is 3.13. The van der Waals surface area contributed by atoms with Crippen LogP contribution in [0.2, 0.25) is 0 Å². The van der Waals surface area contributed by atoms with Gasteiger partial charge in [0.2, 0.25) is 5.91 Å². The van der Waals surface area contributed by atoms with Crippen LogP contribution in [0.4, 0.5) is 0 Å². The topological polar surface area (TPSA) is 50.8 Å². The van der Waals surface area contributed by atoms with Gasteiger partial charge >= 0.3 is 0 Å². The molecular weight excluding hydrogens is 352 g/mol. The van der Waals surface area contributed by atoms with Crippen LogP contribution in [0.5, 0.6) is 5.75 Å². The quantitative estimate of drug-likeness (QED) is 0.762. The van der Waals surface area contributed by atoms with Crippen LogP contribution in [0.3, 0.4) is 0 Å². The van der Waals surface area contributed by atoms with Crippen LogP contribution in [-0.4, -0.2) is 50.8 Å². The molecule has 5 heteroatoms. The van der Waals surface area contributed by atoms with Crippen molar-refractivity contribution in [3.8, 4) is 5.75 Å². The number of benzene rings is 2. The first-order valence-corrected chi connectivity index (χ1v) is 9.93. The molecule has 150 valence electrons. The lowest BCUT2D eigenvalue weighted by molar-refractivity contribution is -0.121. The summed E-state index contributed by atoms with van der Waals surface area (Å²) in [6.45, 7) is 5.87. The van der Waals surface area contributed by atoms with Gasteiger partial charge in [-0.05, 0) is 36.6 Å². The highest BCUT2D eigenvalue weighted by molar-refractivity contribution is 5.76. The van der Waals surface area contributed by atoms with Gasteiger partial charge in [-0.25, -0.2) is 0 Å². The Kier molecular flexibility index (Phi) is 7.46. The molecule has 1 unspecified atom stereocenters. The second-order valence-electron chi connectivity index (χ2n) is 7.23. The third kappa shape index (κ3) is 5.81. The minimum Gasteiger partial charge on any atom is -0.497 e. The lowest BCUT2D eigenvalue weighted by Gasteiger charge is -2.35. The predicted molar refractivity (Wildman–Crippen MR) is 111 cm³/mol. The van der Waals surface area contributed by atoms with Gasteiger partial charge < -0.3 is 14.8 Å². The van der Waals surface area contributed by atoms with Crippen LogP contribution in [0.1, 0.15) is 29.2 Å². The van der Waals surface area contributed by atoms with Gasteiger partial charge in [0, 0.05) is 26.1 Å². The summed E-state index contributed by atoms with van der Waals surface area (Å²) in [6.07, 6.45) is 1.26. The number of carbonyl (C=O) groups excluding carboxylic acids is 1. The first-order chi connectivity index (χ1) is 13.7. The van der Waals surface area contributed by atoms with E-state index < -0.39 is 0 Å². The molecule has 1 N–H and O–H groups in total. The zero-order chi connectivity index (χ0) is 19.8. The average Bonchev–Trinajstić information content (AvgIpc) is 2.74. The van der Waals surface area contributed by atoms with Crippen LogP contribution in [0.25, 0.3) is 0 Å².